The van der Waals surface area contributed by atoms with Gasteiger partial charge in [-0.2, -0.15) is 13.2 Å². The van der Waals surface area contributed by atoms with Crippen molar-refractivity contribution in [1.82, 2.24) is 25.2 Å². The first-order valence-electron chi connectivity index (χ1n) is 13.7. The van der Waals surface area contributed by atoms with Crippen molar-refractivity contribution in [2.75, 3.05) is 18.0 Å². The Hall–Kier alpha value is -3.99. The van der Waals surface area contributed by atoms with E-state index in [4.69, 9.17) is 0 Å². The van der Waals surface area contributed by atoms with Gasteiger partial charge in [0.15, 0.2) is 0 Å². The summed E-state index contributed by atoms with van der Waals surface area (Å²) in [5.41, 5.74) is 1.97. The van der Waals surface area contributed by atoms with Crippen LogP contribution in [0.2, 0.25) is 0 Å². The van der Waals surface area contributed by atoms with Gasteiger partial charge in [-0.05, 0) is 71.7 Å². The zero-order valence-electron chi connectivity index (χ0n) is 23.1. The maximum Gasteiger partial charge on any atom is 0.416 e. The van der Waals surface area contributed by atoms with Crippen LogP contribution < -0.4 is 10.2 Å². The monoisotopic (exact) mass is 566 g/mol. The lowest BCUT2D eigenvalue weighted by atomic mass is 9.72. The van der Waals surface area contributed by atoms with Crippen molar-refractivity contribution in [2.24, 2.45) is 13.0 Å². The predicted octanol–water partition coefficient (Wildman–Crippen LogP) is 4.81. The summed E-state index contributed by atoms with van der Waals surface area (Å²) in [6.07, 6.45) is 0.443. The van der Waals surface area contributed by atoms with E-state index >= 15 is 0 Å². The average Bonchev–Trinajstić information content (AvgIpc) is 3.49. The molecule has 1 aliphatic carbocycles. The predicted molar refractivity (Wildman–Crippen MR) is 148 cm³/mol. The third-order valence-corrected chi connectivity index (χ3v) is 7.81. The van der Waals surface area contributed by atoms with Gasteiger partial charge in [0.2, 0.25) is 5.91 Å². The fourth-order valence-electron chi connectivity index (χ4n) is 5.66. The van der Waals surface area contributed by atoms with Gasteiger partial charge in [0.05, 0.1) is 18.7 Å². The number of alkyl halides is 3. The molecule has 1 N–H and O–H groups in total. The Bertz CT molecular complexity index is 1460. The molecule has 2 aromatic carbocycles. The molecule has 0 bridgehead atoms. The van der Waals surface area contributed by atoms with Crippen LogP contribution in [0.15, 0.2) is 55.3 Å². The number of anilines is 1. The molecule has 2 heterocycles. The van der Waals surface area contributed by atoms with Crippen molar-refractivity contribution < 1.29 is 22.8 Å². The van der Waals surface area contributed by atoms with Gasteiger partial charge in [0.25, 0.3) is 5.91 Å². The Labute approximate surface area is 236 Å². The highest BCUT2D eigenvalue weighted by Crippen LogP contribution is 2.43. The number of carbonyl (C=O) groups excluding carboxylic acids is 2. The summed E-state index contributed by atoms with van der Waals surface area (Å²) >= 11 is 0. The van der Waals surface area contributed by atoms with Gasteiger partial charge in [0, 0.05) is 44.1 Å². The van der Waals surface area contributed by atoms with Gasteiger partial charge in [-0.1, -0.05) is 30.8 Å². The molecule has 2 amide bonds. The average molecular weight is 567 g/mol. The first-order valence-corrected chi connectivity index (χ1v) is 13.7. The van der Waals surface area contributed by atoms with E-state index in [-0.39, 0.29) is 43.2 Å². The van der Waals surface area contributed by atoms with Gasteiger partial charge >= 0.3 is 6.18 Å². The van der Waals surface area contributed by atoms with E-state index in [0.717, 1.165) is 24.5 Å². The van der Waals surface area contributed by atoms with Crippen LogP contribution in [0.4, 0.5) is 18.9 Å². The maximum absolute atomic E-state index is 14.2. The Balaban J connectivity index is 1.29. The second kappa shape index (κ2) is 11.5. The molecule has 216 valence electrons. The normalized spacial score (nSPS) is 18.3. The molecule has 1 aromatic heterocycles. The molecule has 11 heteroatoms. The van der Waals surface area contributed by atoms with E-state index in [1.54, 1.807) is 25.4 Å². The summed E-state index contributed by atoms with van der Waals surface area (Å²) in [7, 11) is 1.72. The molecular weight excluding hydrogens is 533 g/mol. The number of hydrogen-bond donors (Lipinski definition) is 1. The Morgan fingerprint density at radius 3 is 2.68 bits per heavy atom. The molecule has 0 atom stereocenters. The summed E-state index contributed by atoms with van der Waals surface area (Å²) in [6.45, 7) is 6.52. The van der Waals surface area contributed by atoms with Crippen LogP contribution in [0.5, 0.6) is 0 Å². The minimum Gasteiger partial charge on any atom is -0.332 e. The Morgan fingerprint density at radius 1 is 1.24 bits per heavy atom. The second-order valence-corrected chi connectivity index (χ2v) is 11.0. The van der Waals surface area contributed by atoms with Gasteiger partial charge in [-0.25, -0.2) is 0 Å². The quantitative estimate of drug-likeness (QED) is 0.281. The molecular formula is C30H33F3N6O2. The molecule has 0 spiro atoms. The lowest BCUT2D eigenvalue weighted by molar-refractivity contribution is -0.138. The van der Waals surface area contributed by atoms with E-state index in [0.29, 0.717) is 35.3 Å². The van der Waals surface area contributed by atoms with Gasteiger partial charge in [-0.3, -0.25) is 14.3 Å². The van der Waals surface area contributed by atoms with Crippen LogP contribution in [0.3, 0.4) is 0 Å². The van der Waals surface area contributed by atoms with E-state index in [9.17, 15) is 22.8 Å². The zero-order chi connectivity index (χ0) is 29.3. The van der Waals surface area contributed by atoms with Crippen LogP contribution >= 0.6 is 0 Å². The number of nitrogens with one attached hydrogen (secondary N) is 1. The molecule has 5 rings (SSSR count). The number of nitrogens with zero attached hydrogens (tertiary/aromatic N) is 5. The standard InChI is InChI=1S/C30H33F3N6O2/c1-4-28(40)38(17-23-16-37(3)36-35-23)9-8-34-15-20-12-25-26(27(13-20)30(31,32)33)18-39(29(25)41)24-7-5-6-21(14-24)22-10-19(2)11-22/h4-7,12-14,16,19,22,34H,1,8-11,15,17-18H2,2-3H3. The number of amides is 2. The summed E-state index contributed by atoms with van der Waals surface area (Å²) in [5, 5.41) is 11.0. The topological polar surface area (TPSA) is 83.4 Å². The van der Waals surface area contributed by atoms with E-state index in [1.807, 2.05) is 18.2 Å². The molecule has 3 aromatic rings. The van der Waals surface area contributed by atoms with Crippen LogP contribution in [0, 0.1) is 5.92 Å². The number of rotatable bonds is 10. The third-order valence-electron chi connectivity index (χ3n) is 7.81. The van der Waals surface area contributed by atoms with Gasteiger partial charge < -0.3 is 15.1 Å². The molecule has 41 heavy (non-hydrogen) atoms. The lowest BCUT2D eigenvalue weighted by Crippen LogP contribution is -2.35. The smallest absolute Gasteiger partial charge is 0.332 e. The van der Waals surface area contributed by atoms with Crippen molar-refractivity contribution in [3.05, 3.63) is 88.8 Å². The second-order valence-electron chi connectivity index (χ2n) is 11.0. The highest BCUT2D eigenvalue weighted by molar-refractivity contribution is 6.10. The van der Waals surface area contributed by atoms with Crippen LogP contribution in [0.1, 0.15) is 64.0 Å². The van der Waals surface area contributed by atoms with Gasteiger partial charge in [0.1, 0.15) is 5.69 Å². The molecule has 8 nitrogen and oxygen atoms in total. The van der Waals surface area contributed by atoms with Gasteiger partial charge in [-0.15, -0.1) is 5.10 Å². The number of aromatic nitrogens is 3. The number of aryl methyl sites for hydroxylation is 1. The number of halogens is 3. The number of fused-ring (bicyclic) bond motifs is 1. The number of carbonyl (C=O) groups is 2. The van der Waals surface area contributed by atoms with Crippen LogP contribution in [-0.4, -0.2) is 44.8 Å². The number of hydrogen-bond acceptors (Lipinski definition) is 5. The van der Waals surface area contributed by atoms with Crippen molar-refractivity contribution in [3.63, 3.8) is 0 Å². The minimum absolute atomic E-state index is 0.000597. The highest BCUT2D eigenvalue weighted by atomic mass is 19.4. The summed E-state index contributed by atoms with van der Waals surface area (Å²) in [5.74, 6) is 0.354. The van der Waals surface area contributed by atoms with Crippen molar-refractivity contribution in [1.29, 1.82) is 0 Å². The number of benzene rings is 2. The van der Waals surface area contributed by atoms with Crippen LogP contribution in [0.25, 0.3) is 0 Å². The van der Waals surface area contributed by atoms with Crippen LogP contribution in [-0.2, 0) is 37.7 Å². The third kappa shape index (κ3) is 6.19. The lowest BCUT2D eigenvalue weighted by Gasteiger charge is -2.33. The van der Waals surface area contributed by atoms with E-state index < -0.39 is 17.6 Å². The fraction of sp³-hybridized carbons (Fsp3) is 0.400. The molecule has 0 saturated heterocycles. The SMILES string of the molecule is C=CC(=O)N(CCNCc1cc2c(c(C(F)(F)F)c1)CN(c1cccc(C3CC(C)C3)c1)C2=O)Cc1cn(C)nn1. The van der Waals surface area contributed by atoms with E-state index in [1.165, 1.54) is 20.6 Å². The fourth-order valence-corrected chi connectivity index (χ4v) is 5.66. The molecule has 0 unspecified atom stereocenters. The molecule has 1 fully saturated rings. The minimum atomic E-state index is -4.61. The summed E-state index contributed by atoms with van der Waals surface area (Å²) in [6, 6.07) is 10.3. The molecule has 2 aliphatic rings. The summed E-state index contributed by atoms with van der Waals surface area (Å²) in [4.78, 5) is 28.7. The zero-order valence-corrected chi connectivity index (χ0v) is 23.1. The Kier molecular flexibility index (Phi) is 7.99. The largest absolute Gasteiger partial charge is 0.416 e. The van der Waals surface area contributed by atoms with E-state index in [2.05, 4.69) is 29.1 Å². The molecule has 0 radical (unpaired) electrons. The van der Waals surface area contributed by atoms with Crippen molar-refractivity contribution in [3.8, 4) is 0 Å². The molecule has 1 saturated carbocycles. The molecule has 1 aliphatic heterocycles. The first kappa shape index (κ1) is 28.5. The maximum atomic E-state index is 14.2. The van der Waals surface area contributed by atoms with Crippen molar-refractivity contribution in [2.45, 2.75) is 51.5 Å². The van der Waals surface area contributed by atoms with Crippen molar-refractivity contribution >= 4 is 17.5 Å². The highest BCUT2D eigenvalue weighted by Gasteiger charge is 2.40. The first-order chi connectivity index (χ1) is 19.5. The Morgan fingerprint density at radius 2 is 2.02 bits per heavy atom. The summed E-state index contributed by atoms with van der Waals surface area (Å²) < 4.78 is 44.0.